The van der Waals surface area contributed by atoms with E-state index >= 15 is 0 Å². The highest BCUT2D eigenvalue weighted by Crippen LogP contribution is 2.30. The molecule has 1 saturated heterocycles. The minimum Gasteiger partial charge on any atom is -0.500 e. The maximum absolute atomic E-state index is 5.28. The standard InChI is InChI=1S/C20H37N3O/c1-15-14-22(19(5)21-16(2)18(4)24-6)12-13-23(15)17(3)20-10-8-7-9-11-20/h15,17,20H,7-14H2,1-6H3/b18-16+,21-19?. The van der Waals surface area contributed by atoms with E-state index in [4.69, 9.17) is 9.73 Å². The largest absolute Gasteiger partial charge is 0.500 e. The van der Waals surface area contributed by atoms with Crippen LogP contribution in [0.25, 0.3) is 0 Å². The zero-order valence-corrected chi connectivity index (χ0v) is 16.6. The predicted octanol–water partition coefficient (Wildman–Crippen LogP) is 4.28. The Kier molecular flexibility index (Phi) is 7.15. The van der Waals surface area contributed by atoms with Gasteiger partial charge in [0.2, 0.25) is 0 Å². The highest BCUT2D eigenvalue weighted by Gasteiger charge is 2.32. The first-order valence-electron chi connectivity index (χ1n) is 9.71. The van der Waals surface area contributed by atoms with Crippen LogP contribution in [-0.2, 0) is 4.74 Å². The quantitative estimate of drug-likeness (QED) is 0.436. The molecule has 4 nitrogen and oxygen atoms in total. The summed E-state index contributed by atoms with van der Waals surface area (Å²) in [6, 6.07) is 1.31. The van der Waals surface area contributed by atoms with E-state index in [0.29, 0.717) is 6.04 Å². The molecule has 0 amide bonds. The second kappa shape index (κ2) is 8.89. The van der Waals surface area contributed by atoms with Crippen LogP contribution in [0.2, 0.25) is 0 Å². The fourth-order valence-corrected chi connectivity index (χ4v) is 4.30. The van der Waals surface area contributed by atoms with E-state index in [1.807, 2.05) is 13.8 Å². The summed E-state index contributed by atoms with van der Waals surface area (Å²) in [7, 11) is 1.71. The molecule has 0 aromatic heterocycles. The second-order valence-corrected chi connectivity index (χ2v) is 7.68. The van der Waals surface area contributed by atoms with Gasteiger partial charge in [-0.3, -0.25) is 4.90 Å². The Bertz CT molecular complexity index is 466. The van der Waals surface area contributed by atoms with Crippen molar-refractivity contribution in [2.75, 3.05) is 26.7 Å². The maximum atomic E-state index is 5.28. The molecule has 24 heavy (non-hydrogen) atoms. The molecule has 2 aliphatic rings. The fraction of sp³-hybridized carbons (Fsp3) is 0.850. The molecule has 2 atom stereocenters. The topological polar surface area (TPSA) is 28.1 Å². The first kappa shape index (κ1) is 19.3. The lowest BCUT2D eigenvalue weighted by Crippen LogP contribution is -2.57. The van der Waals surface area contributed by atoms with Crippen LogP contribution >= 0.6 is 0 Å². The number of methoxy groups -OCH3 is 1. The fourth-order valence-electron chi connectivity index (χ4n) is 4.30. The van der Waals surface area contributed by atoms with Crippen molar-refractivity contribution < 1.29 is 4.74 Å². The van der Waals surface area contributed by atoms with Crippen molar-refractivity contribution in [1.29, 1.82) is 0 Å². The molecule has 2 rings (SSSR count). The van der Waals surface area contributed by atoms with Crippen LogP contribution in [0.5, 0.6) is 0 Å². The Labute approximate surface area is 149 Å². The van der Waals surface area contributed by atoms with Gasteiger partial charge < -0.3 is 9.64 Å². The maximum Gasteiger partial charge on any atom is 0.114 e. The smallest absolute Gasteiger partial charge is 0.114 e. The Morgan fingerprint density at radius 1 is 1.08 bits per heavy atom. The van der Waals surface area contributed by atoms with Crippen LogP contribution in [0.3, 0.4) is 0 Å². The number of nitrogens with zero attached hydrogens (tertiary/aromatic N) is 3. The monoisotopic (exact) mass is 335 g/mol. The van der Waals surface area contributed by atoms with Crippen molar-refractivity contribution in [3.63, 3.8) is 0 Å². The lowest BCUT2D eigenvalue weighted by molar-refractivity contribution is 0.0477. The van der Waals surface area contributed by atoms with E-state index in [-0.39, 0.29) is 0 Å². The summed E-state index contributed by atoms with van der Waals surface area (Å²) >= 11 is 0. The van der Waals surface area contributed by atoms with Crippen molar-refractivity contribution in [3.8, 4) is 0 Å². The molecule has 0 spiro atoms. The number of rotatable bonds is 4. The van der Waals surface area contributed by atoms with Crippen molar-refractivity contribution in [2.45, 2.75) is 78.8 Å². The highest BCUT2D eigenvalue weighted by molar-refractivity contribution is 5.80. The minimum absolute atomic E-state index is 0.591. The van der Waals surface area contributed by atoms with Crippen LogP contribution in [0, 0.1) is 5.92 Å². The summed E-state index contributed by atoms with van der Waals surface area (Å²) in [5, 5.41) is 0. The van der Waals surface area contributed by atoms with Gasteiger partial charge in [-0.2, -0.15) is 0 Å². The predicted molar refractivity (Wildman–Crippen MR) is 102 cm³/mol. The van der Waals surface area contributed by atoms with E-state index < -0.39 is 0 Å². The van der Waals surface area contributed by atoms with Crippen LogP contribution in [-0.4, -0.2) is 54.5 Å². The van der Waals surface area contributed by atoms with Gasteiger partial charge in [0.05, 0.1) is 12.8 Å². The molecule has 1 aliphatic carbocycles. The van der Waals surface area contributed by atoms with E-state index in [1.54, 1.807) is 7.11 Å². The lowest BCUT2D eigenvalue weighted by Gasteiger charge is -2.46. The molecule has 0 aromatic carbocycles. The van der Waals surface area contributed by atoms with Crippen molar-refractivity contribution in [2.24, 2.45) is 10.9 Å². The normalized spacial score (nSPS) is 27.0. The van der Waals surface area contributed by atoms with Gasteiger partial charge >= 0.3 is 0 Å². The number of amidine groups is 1. The lowest BCUT2D eigenvalue weighted by atomic mass is 9.83. The van der Waals surface area contributed by atoms with Crippen molar-refractivity contribution in [1.82, 2.24) is 9.80 Å². The van der Waals surface area contributed by atoms with Crippen LogP contribution in [0.1, 0.15) is 66.7 Å². The third kappa shape index (κ3) is 4.75. The Balaban J connectivity index is 1.95. The first-order chi connectivity index (χ1) is 11.4. The van der Waals surface area contributed by atoms with Gasteiger partial charge in [0.15, 0.2) is 0 Å². The summed E-state index contributed by atoms with van der Waals surface area (Å²) in [4.78, 5) is 9.91. The van der Waals surface area contributed by atoms with E-state index in [2.05, 4.69) is 30.6 Å². The molecular formula is C20H37N3O. The zero-order chi connectivity index (χ0) is 17.7. The Morgan fingerprint density at radius 3 is 2.33 bits per heavy atom. The molecule has 0 N–H and O–H groups in total. The highest BCUT2D eigenvalue weighted by atomic mass is 16.5. The van der Waals surface area contributed by atoms with Crippen LogP contribution in [0.15, 0.2) is 16.4 Å². The molecular weight excluding hydrogens is 298 g/mol. The third-order valence-corrected chi connectivity index (χ3v) is 6.14. The number of ether oxygens (including phenoxy) is 1. The second-order valence-electron chi connectivity index (χ2n) is 7.68. The third-order valence-electron chi connectivity index (χ3n) is 6.14. The average molecular weight is 336 g/mol. The summed E-state index contributed by atoms with van der Waals surface area (Å²) in [5.74, 6) is 2.91. The van der Waals surface area contributed by atoms with Gasteiger partial charge in [0.1, 0.15) is 11.6 Å². The molecule has 4 heteroatoms. The molecule has 1 heterocycles. The van der Waals surface area contributed by atoms with Gasteiger partial charge in [0, 0.05) is 31.7 Å². The molecule has 0 aromatic rings. The van der Waals surface area contributed by atoms with E-state index in [0.717, 1.165) is 48.9 Å². The molecule has 138 valence electrons. The Hall–Kier alpha value is -1.03. The summed E-state index contributed by atoms with van der Waals surface area (Å²) in [6.45, 7) is 14.3. The Morgan fingerprint density at radius 2 is 1.75 bits per heavy atom. The molecule has 2 unspecified atom stereocenters. The van der Waals surface area contributed by atoms with Gasteiger partial charge in [-0.1, -0.05) is 19.3 Å². The van der Waals surface area contributed by atoms with Gasteiger partial charge in [-0.05, 0) is 53.4 Å². The molecule has 1 aliphatic heterocycles. The summed E-state index contributed by atoms with van der Waals surface area (Å²) in [5.41, 5.74) is 0.973. The number of hydrogen-bond acceptors (Lipinski definition) is 3. The summed E-state index contributed by atoms with van der Waals surface area (Å²) < 4.78 is 5.28. The van der Waals surface area contributed by atoms with Crippen LogP contribution < -0.4 is 0 Å². The molecule has 2 fully saturated rings. The average Bonchev–Trinajstić information content (AvgIpc) is 2.60. The SMILES string of the molecule is CO/C(C)=C(\C)N=C(C)N1CCN(C(C)C2CCCCC2)C(C)C1. The van der Waals surface area contributed by atoms with E-state index in [9.17, 15) is 0 Å². The van der Waals surface area contributed by atoms with Gasteiger partial charge in [-0.25, -0.2) is 4.99 Å². The van der Waals surface area contributed by atoms with Crippen molar-refractivity contribution >= 4 is 5.84 Å². The number of hydrogen-bond donors (Lipinski definition) is 0. The number of aliphatic imine (C=N–C) groups is 1. The number of allylic oxidation sites excluding steroid dienone is 2. The zero-order valence-electron chi connectivity index (χ0n) is 16.6. The van der Waals surface area contributed by atoms with Gasteiger partial charge in [0.25, 0.3) is 0 Å². The van der Waals surface area contributed by atoms with E-state index in [1.165, 1.54) is 32.1 Å². The number of piperazine rings is 1. The van der Waals surface area contributed by atoms with Crippen molar-refractivity contribution in [3.05, 3.63) is 11.5 Å². The summed E-state index contributed by atoms with van der Waals surface area (Å²) in [6.07, 6.45) is 7.15. The van der Waals surface area contributed by atoms with Crippen LogP contribution in [0.4, 0.5) is 0 Å². The molecule has 0 bridgehead atoms. The minimum atomic E-state index is 0.591. The van der Waals surface area contributed by atoms with Gasteiger partial charge in [-0.15, -0.1) is 0 Å². The first-order valence-corrected chi connectivity index (χ1v) is 9.71. The molecule has 1 saturated carbocycles. The molecule has 0 radical (unpaired) electrons.